The van der Waals surface area contributed by atoms with Gasteiger partial charge in [-0.05, 0) is 60.0 Å². The van der Waals surface area contributed by atoms with Gasteiger partial charge in [0.15, 0.2) is 0 Å². The summed E-state index contributed by atoms with van der Waals surface area (Å²) in [4.78, 5) is 3.42. The van der Waals surface area contributed by atoms with Crippen molar-refractivity contribution < 1.29 is 0 Å². The van der Waals surface area contributed by atoms with Crippen LogP contribution in [0.3, 0.4) is 0 Å². The molecule has 0 radical (unpaired) electrons. The summed E-state index contributed by atoms with van der Waals surface area (Å²) in [7, 11) is 0. The van der Waals surface area contributed by atoms with E-state index in [1.54, 1.807) is 11.8 Å². The first-order chi connectivity index (χ1) is 12.0. The van der Waals surface area contributed by atoms with Crippen LogP contribution in [0.15, 0.2) is 83.8 Å². The molecule has 3 aromatic carbocycles. The lowest BCUT2D eigenvalue weighted by Crippen LogP contribution is -2.29. The van der Waals surface area contributed by atoms with Crippen LogP contribution in [-0.2, 0) is 0 Å². The summed E-state index contributed by atoms with van der Waals surface area (Å²) in [5.41, 5.74) is 3.19. The Morgan fingerprint density at radius 3 is 1.64 bits per heavy atom. The van der Waals surface area contributed by atoms with E-state index in [9.17, 15) is 0 Å². The van der Waals surface area contributed by atoms with Crippen LogP contribution in [0.25, 0.3) is 0 Å². The van der Waals surface area contributed by atoms with Gasteiger partial charge in [-0.3, -0.25) is 0 Å². The van der Waals surface area contributed by atoms with Crippen molar-refractivity contribution in [2.24, 2.45) is 0 Å². The average molecular weight is 425 g/mol. The topological polar surface area (TPSA) is 3.24 Å². The summed E-state index contributed by atoms with van der Waals surface area (Å²) < 4.78 is 0. The molecule has 0 bridgehead atoms. The van der Waals surface area contributed by atoms with E-state index in [1.165, 1.54) is 4.90 Å². The molecule has 0 spiro atoms. The number of rotatable bonds is 5. The van der Waals surface area contributed by atoms with E-state index in [2.05, 4.69) is 47.6 Å². The fourth-order valence-electron chi connectivity index (χ4n) is 2.56. The van der Waals surface area contributed by atoms with Crippen molar-refractivity contribution in [3.63, 3.8) is 0 Å². The highest BCUT2D eigenvalue weighted by atomic mass is 35.8. The molecule has 0 aliphatic carbocycles. The van der Waals surface area contributed by atoms with Crippen LogP contribution in [0.2, 0.25) is 0 Å². The number of anilines is 3. The fraction of sp³-hybridized carbons (Fsp3) is 0.0526. The molecular weight excluding hydrogens is 409 g/mol. The highest BCUT2D eigenvalue weighted by Crippen LogP contribution is 2.35. The average Bonchev–Trinajstić information content (AvgIpc) is 2.63. The van der Waals surface area contributed by atoms with Crippen molar-refractivity contribution in [3.05, 3.63) is 78.9 Å². The van der Waals surface area contributed by atoms with Crippen molar-refractivity contribution in [1.82, 2.24) is 0 Å². The van der Waals surface area contributed by atoms with Crippen molar-refractivity contribution in [3.8, 4) is 0 Å². The Balaban J connectivity index is 2.05. The first-order valence-electron chi connectivity index (χ1n) is 7.65. The Labute approximate surface area is 167 Å². The second-order valence-corrected chi connectivity index (χ2v) is 14.7. The summed E-state index contributed by atoms with van der Waals surface area (Å²) in [5.74, 6) is 0. The summed E-state index contributed by atoms with van der Waals surface area (Å²) in [6, 6.07) is 23.7. The van der Waals surface area contributed by atoms with E-state index in [0.717, 1.165) is 22.2 Å². The summed E-state index contributed by atoms with van der Waals surface area (Å²) >= 11 is 20.1. The van der Waals surface area contributed by atoms with E-state index in [1.807, 2.05) is 42.5 Å². The molecule has 3 rings (SSSR count). The van der Waals surface area contributed by atoms with Gasteiger partial charge in [-0.25, -0.2) is 0 Å². The minimum atomic E-state index is -2.87. The molecule has 6 heteroatoms. The molecule has 0 saturated heterocycles. The smallest absolute Gasteiger partial charge is 0.311 e. The largest absolute Gasteiger partial charge is 0.372 e. The normalized spacial score (nSPS) is 11.4. The number of para-hydroxylation sites is 1. The molecule has 0 fully saturated rings. The Morgan fingerprint density at radius 1 is 0.680 bits per heavy atom. The minimum absolute atomic E-state index is 0.784. The molecule has 0 heterocycles. The van der Waals surface area contributed by atoms with Crippen molar-refractivity contribution in [1.29, 1.82) is 0 Å². The molecular formula is C19H16Cl3NSSi. The molecule has 25 heavy (non-hydrogen) atoms. The van der Waals surface area contributed by atoms with Crippen LogP contribution in [-0.4, -0.2) is 12.3 Å². The third-order valence-corrected chi connectivity index (χ3v) is 7.49. The number of nitrogens with zero attached hydrogens (tertiary/aromatic N) is 1. The number of benzene rings is 3. The zero-order valence-electron chi connectivity index (χ0n) is 13.5. The van der Waals surface area contributed by atoms with Crippen LogP contribution in [0, 0.1) is 0 Å². The quantitative estimate of drug-likeness (QED) is 0.253. The van der Waals surface area contributed by atoms with Gasteiger partial charge < -0.3 is 4.90 Å². The lowest BCUT2D eigenvalue weighted by atomic mass is 10.2. The van der Waals surface area contributed by atoms with Crippen LogP contribution in [0.4, 0.5) is 17.1 Å². The van der Waals surface area contributed by atoms with E-state index in [-0.39, 0.29) is 0 Å². The molecule has 0 amide bonds. The van der Waals surface area contributed by atoms with Gasteiger partial charge >= 0.3 is 6.00 Å². The third-order valence-electron chi connectivity index (χ3n) is 3.80. The summed E-state index contributed by atoms with van der Waals surface area (Å²) in [6.07, 6.45) is 2.07. The van der Waals surface area contributed by atoms with E-state index < -0.39 is 6.00 Å². The molecule has 0 aromatic heterocycles. The Morgan fingerprint density at radius 2 is 1.16 bits per heavy atom. The highest BCUT2D eigenvalue weighted by molar-refractivity contribution is 7.98. The maximum Gasteiger partial charge on any atom is 0.372 e. The molecule has 0 unspecified atom stereocenters. The van der Waals surface area contributed by atoms with Gasteiger partial charge in [0.2, 0.25) is 0 Å². The maximum atomic E-state index is 6.11. The van der Waals surface area contributed by atoms with E-state index in [4.69, 9.17) is 33.2 Å². The molecule has 128 valence electrons. The standard InChI is InChI=1S/C19H16Cl3NSSi/c1-24-18-11-7-16(8-12-18)23(15-5-3-2-4-6-15)17-9-13-19(14-10-17)25(20,21)22/h2-14H,1H3. The van der Waals surface area contributed by atoms with Gasteiger partial charge in [0.05, 0.1) is 0 Å². The lowest BCUT2D eigenvalue weighted by molar-refractivity contribution is 1.27. The minimum Gasteiger partial charge on any atom is -0.311 e. The zero-order chi connectivity index (χ0) is 17.9. The van der Waals surface area contributed by atoms with Crippen molar-refractivity contribution in [2.75, 3.05) is 11.2 Å². The number of hydrogen-bond acceptors (Lipinski definition) is 2. The van der Waals surface area contributed by atoms with E-state index >= 15 is 0 Å². The molecule has 0 aliphatic rings. The van der Waals surface area contributed by atoms with Crippen LogP contribution < -0.4 is 10.1 Å². The predicted molar refractivity (Wildman–Crippen MR) is 116 cm³/mol. The third kappa shape index (κ3) is 4.55. The van der Waals surface area contributed by atoms with Crippen molar-refractivity contribution >= 4 is 73.3 Å². The highest BCUT2D eigenvalue weighted by Gasteiger charge is 2.28. The predicted octanol–water partition coefficient (Wildman–Crippen LogP) is 6.74. The van der Waals surface area contributed by atoms with Crippen LogP contribution in [0.5, 0.6) is 0 Å². The zero-order valence-corrected chi connectivity index (χ0v) is 17.6. The first kappa shape index (κ1) is 18.7. The van der Waals surface area contributed by atoms with Gasteiger partial charge in [-0.1, -0.05) is 30.3 Å². The van der Waals surface area contributed by atoms with E-state index in [0.29, 0.717) is 0 Å². The lowest BCUT2D eigenvalue weighted by Gasteiger charge is -2.26. The molecule has 0 aliphatic heterocycles. The van der Waals surface area contributed by atoms with Gasteiger partial charge in [0.25, 0.3) is 0 Å². The van der Waals surface area contributed by atoms with Gasteiger partial charge in [0.1, 0.15) is 0 Å². The Hall–Kier alpha value is -1.10. The molecule has 1 nitrogen and oxygen atoms in total. The SMILES string of the molecule is CSc1ccc(N(c2ccccc2)c2ccc([Si](Cl)(Cl)Cl)cc2)cc1. The summed E-state index contributed by atoms with van der Waals surface area (Å²) in [5, 5.41) is 0.784. The fourth-order valence-corrected chi connectivity index (χ4v) is 4.64. The molecule has 0 atom stereocenters. The van der Waals surface area contributed by atoms with Crippen molar-refractivity contribution in [2.45, 2.75) is 4.90 Å². The molecule has 0 N–H and O–H groups in total. The second kappa shape index (κ2) is 8.06. The molecule has 0 saturated carbocycles. The van der Waals surface area contributed by atoms with Gasteiger partial charge in [0, 0.05) is 22.0 Å². The first-order valence-corrected chi connectivity index (χ1v) is 13.9. The summed E-state index contributed by atoms with van der Waals surface area (Å²) in [6.45, 7) is 0. The van der Waals surface area contributed by atoms with Gasteiger partial charge in [-0.15, -0.1) is 45.0 Å². The second-order valence-electron chi connectivity index (χ2n) is 5.41. The monoisotopic (exact) mass is 423 g/mol. The maximum absolute atomic E-state index is 6.11. The van der Waals surface area contributed by atoms with Gasteiger partial charge in [-0.2, -0.15) is 0 Å². The molecule has 3 aromatic rings. The number of hydrogen-bond donors (Lipinski definition) is 0. The van der Waals surface area contributed by atoms with Crippen LogP contribution in [0.1, 0.15) is 0 Å². The Kier molecular flexibility index (Phi) is 6.03. The number of halogens is 3. The Bertz CT molecular complexity index is 818. The van der Waals surface area contributed by atoms with Crippen LogP contribution >= 0.6 is 45.0 Å². The number of thioether (sulfide) groups is 1.